The fraction of sp³-hybridized carbons (Fsp3) is 0.304. The molecule has 1 saturated heterocycles. The molecule has 3 aromatic rings. The number of nitrogens with zero attached hydrogens (tertiary/aromatic N) is 4. The third-order valence-electron chi connectivity index (χ3n) is 5.13. The van der Waals surface area contributed by atoms with Gasteiger partial charge in [0.25, 0.3) is 0 Å². The molecule has 0 unspecified atom stereocenters. The molecule has 1 atom stereocenters. The van der Waals surface area contributed by atoms with Crippen LogP contribution in [-0.4, -0.2) is 38.3 Å². The first-order chi connectivity index (χ1) is 14.7. The van der Waals surface area contributed by atoms with Crippen molar-refractivity contribution in [3.8, 4) is 11.5 Å². The van der Waals surface area contributed by atoms with Crippen LogP contribution in [0.5, 0.6) is 11.5 Å². The molecule has 1 aliphatic rings. The number of aromatic nitrogens is 3. The van der Waals surface area contributed by atoms with E-state index in [9.17, 15) is 4.79 Å². The molecule has 1 aromatic carbocycles. The predicted octanol–water partition coefficient (Wildman–Crippen LogP) is 3.97. The molecular formula is C23H25N5O2. The van der Waals surface area contributed by atoms with Crippen LogP contribution in [0.2, 0.25) is 0 Å². The maximum atomic E-state index is 13.0. The number of benzene rings is 1. The van der Waals surface area contributed by atoms with Gasteiger partial charge in [0.05, 0.1) is 12.2 Å². The molecule has 0 saturated carbocycles. The highest BCUT2D eigenvalue weighted by atomic mass is 16.5. The summed E-state index contributed by atoms with van der Waals surface area (Å²) in [4.78, 5) is 27.8. The number of nitrogens with one attached hydrogen (secondary N) is 1. The van der Waals surface area contributed by atoms with E-state index < -0.39 is 0 Å². The first-order valence-corrected chi connectivity index (χ1v) is 10.2. The van der Waals surface area contributed by atoms with Crippen molar-refractivity contribution in [1.82, 2.24) is 19.9 Å². The summed E-state index contributed by atoms with van der Waals surface area (Å²) in [6.45, 7) is 3.44. The van der Waals surface area contributed by atoms with Crippen LogP contribution >= 0.6 is 0 Å². The van der Waals surface area contributed by atoms with Crippen molar-refractivity contribution in [1.29, 1.82) is 0 Å². The lowest BCUT2D eigenvalue weighted by molar-refractivity contribution is -0.122. The summed E-state index contributed by atoms with van der Waals surface area (Å²) < 4.78 is 5.75. The van der Waals surface area contributed by atoms with Gasteiger partial charge in [-0.1, -0.05) is 6.42 Å². The van der Waals surface area contributed by atoms with E-state index in [0.29, 0.717) is 18.0 Å². The topological polar surface area (TPSA) is 80.2 Å². The zero-order chi connectivity index (χ0) is 20.8. The van der Waals surface area contributed by atoms with E-state index in [0.717, 1.165) is 42.9 Å². The van der Waals surface area contributed by atoms with Gasteiger partial charge in [-0.15, -0.1) is 0 Å². The average Bonchev–Trinajstić information content (AvgIpc) is 2.78. The number of ether oxygens (including phenoxy) is 1. The molecule has 7 heteroatoms. The van der Waals surface area contributed by atoms with Gasteiger partial charge in [-0.25, -0.2) is 9.97 Å². The third-order valence-corrected chi connectivity index (χ3v) is 5.13. The Hall–Kier alpha value is -3.32. The largest absolute Gasteiger partial charge is 0.456 e. The monoisotopic (exact) mass is 403 g/mol. The van der Waals surface area contributed by atoms with Crippen LogP contribution in [-0.2, 0) is 11.3 Å². The highest BCUT2D eigenvalue weighted by Gasteiger charge is 2.28. The average molecular weight is 403 g/mol. The van der Waals surface area contributed by atoms with Crippen molar-refractivity contribution in [2.45, 2.75) is 38.8 Å². The summed E-state index contributed by atoms with van der Waals surface area (Å²) in [5.74, 6) is 2.14. The number of aryl methyl sites for hydroxylation is 1. The summed E-state index contributed by atoms with van der Waals surface area (Å²) in [6, 6.07) is 10.9. The molecule has 30 heavy (non-hydrogen) atoms. The molecule has 0 bridgehead atoms. The molecule has 3 heterocycles. The van der Waals surface area contributed by atoms with Crippen LogP contribution in [0.15, 0.2) is 61.2 Å². The van der Waals surface area contributed by atoms with Crippen molar-refractivity contribution in [3.63, 3.8) is 0 Å². The lowest BCUT2D eigenvalue weighted by Crippen LogP contribution is -2.46. The van der Waals surface area contributed by atoms with E-state index >= 15 is 0 Å². The molecule has 4 rings (SSSR count). The number of pyridine rings is 1. The second kappa shape index (κ2) is 9.45. The van der Waals surface area contributed by atoms with Crippen molar-refractivity contribution in [3.05, 3.63) is 72.6 Å². The number of rotatable bonds is 6. The Morgan fingerprint density at radius 1 is 1.10 bits per heavy atom. The number of piperidine rings is 1. The molecule has 1 fully saturated rings. The fourth-order valence-electron chi connectivity index (χ4n) is 3.59. The minimum absolute atomic E-state index is 0.0173. The zero-order valence-electron chi connectivity index (χ0n) is 17.0. The van der Waals surface area contributed by atoms with Crippen LogP contribution in [0.1, 0.15) is 30.7 Å². The highest BCUT2D eigenvalue weighted by molar-refractivity contribution is 5.94. The Morgan fingerprint density at radius 3 is 2.63 bits per heavy atom. The predicted molar refractivity (Wildman–Crippen MR) is 114 cm³/mol. The SMILES string of the molecule is Cc1ncc(CN2CCCC[C@@H]2C(=O)Nc2ccc(Oc3cccnc3)cc2)cn1. The van der Waals surface area contributed by atoms with Crippen LogP contribution in [0.25, 0.3) is 0 Å². The standard InChI is InChI=1S/C23H25N5O2/c1-17-25-13-18(14-26-17)16-28-12-3-2-6-22(28)23(29)27-19-7-9-20(10-8-19)30-21-5-4-11-24-15-21/h4-5,7-11,13-15,22H,2-3,6,12,16H2,1H3,(H,27,29)/t22-/m1/s1. The van der Waals surface area contributed by atoms with Gasteiger partial charge < -0.3 is 10.1 Å². The number of hydrogen-bond donors (Lipinski definition) is 1. The van der Waals surface area contributed by atoms with E-state index in [1.54, 1.807) is 12.4 Å². The van der Waals surface area contributed by atoms with E-state index in [1.165, 1.54) is 0 Å². The summed E-state index contributed by atoms with van der Waals surface area (Å²) in [7, 11) is 0. The van der Waals surface area contributed by atoms with Gasteiger partial charge in [-0.05, 0) is 62.7 Å². The Kier molecular flexibility index (Phi) is 6.29. The maximum Gasteiger partial charge on any atom is 0.241 e. The molecule has 154 valence electrons. The number of amides is 1. The Morgan fingerprint density at radius 2 is 1.90 bits per heavy atom. The van der Waals surface area contributed by atoms with Gasteiger partial charge in [0, 0.05) is 36.4 Å². The number of carbonyl (C=O) groups excluding carboxylic acids is 1. The van der Waals surface area contributed by atoms with Gasteiger partial charge in [0.2, 0.25) is 5.91 Å². The second-order valence-electron chi connectivity index (χ2n) is 7.42. The molecule has 0 spiro atoms. The summed E-state index contributed by atoms with van der Waals surface area (Å²) in [6.07, 6.45) is 10.0. The van der Waals surface area contributed by atoms with E-state index in [2.05, 4.69) is 25.2 Å². The van der Waals surface area contributed by atoms with Gasteiger partial charge in [-0.2, -0.15) is 0 Å². The first kappa shape index (κ1) is 20.0. The third kappa shape index (κ3) is 5.18. The molecule has 1 N–H and O–H groups in total. The van der Waals surface area contributed by atoms with Crippen molar-refractivity contribution in [2.75, 3.05) is 11.9 Å². The summed E-state index contributed by atoms with van der Waals surface area (Å²) in [5.41, 5.74) is 1.78. The van der Waals surface area contributed by atoms with Gasteiger partial charge in [0.1, 0.15) is 17.3 Å². The van der Waals surface area contributed by atoms with Crippen LogP contribution < -0.4 is 10.1 Å². The quantitative estimate of drug-likeness (QED) is 0.671. The highest BCUT2D eigenvalue weighted by Crippen LogP contribution is 2.24. The lowest BCUT2D eigenvalue weighted by Gasteiger charge is -2.34. The Bertz CT molecular complexity index is 961. The number of hydrogen-bond acceptors (Lipinski definition) is 6. The van der Waals surface area contributed by atoms with Crippen molar-refractivity contribution >= 4 is 11.6 Å². The Balaban J connectivity index is 1.38. The normalized spacial score (nSPS) is 16.8. The molecule has 1 amide bonds. The molecule has 0 aliphatic carbocycles. The maximum absolute atomic E-state index is 13.0. The number of carbonyl (C=O) groups is 1. The minimum atomic E-state index is -0.161. The second-order valence-corrected chi connectivity index (χ2v) is 7.42. The van der Waals surface area contributed by atoms with Crippen molar-refractivity contribution < 1.29 is 9.53 Å². The molecule has 7 nitrogen and oxygen atoms in total. The Labute approximate surface area is 176 Å². The van der Waals surface area contributed by atoms with Gasteiger partial charge in [0.15, 0.2) is 0 Å². The van der Waals surface area contributed by atoms with Crippen LogP contribution in [0.3, 0.4) is 0 Å². The minimum Gasteiger partial charge on any atom is -0.456 e. The van der Waals surface area contributed by atoms with E-state index in [1.807, 2.05) is 55.7 Å². The van der Waals surface area contributed by atoms with Crippen LogP contribution in [0, 0.1) is 6.92 Å². The number of likely N-dealkylation sites (tertiary alicyclic amines) is 1. The van der Waals surface area contributed by atoms with E-state index in [4.69, 9.17) is 4.74 Å². The van der Waals surface area contributed by atoms with Crippen molar-refractivity contribution in [2.24, 2.45) is 0 Å². The fourth-order valence-corrected chi connectivity index (χ4v) is 3.59. The molecule has 0 radical (unpaired) electrons. The summed E-state index contributed by atoms with van der Waals surface area (Å²) in [5, 5.41) is 3.05. The first-order valence-electron chi connectivity index (χ1n) is 10.2. The summed E-state index contributed by atoms with van der Waals surface area (Å²) >= 11 is 0. The zero-order valence-corrected chi connectivity index (χ0v) is 17.0. The van der Waals surface area contributed by atoms with Gasteiger partial charge in [-0.3, -0.25) is 14.7 Å². The molecule has 1 aliphatic heterocycles. The lowest BCUT2D eigenvalue weighted by atomic mass is 10.0. The van der Waals surface area contributed by atoms with Gasteiger partial charge >= 0.3 is 0 Å². The number of anilines is 1. The van der Waals surface area contributed by atoms with Crippen LogP contribution in [0.4, 0.5) is 5.69 Å². The molecular weight excluding hydrogens is 378 g/mol. The smallest absolute Gasteiger partial charge is 0.241 e. The molecule has 2 aromatic heterocycles. The van der Waals surface area contributed by atoms with E-state index in [-0.39, 0.29) is 11.9 Å².